The summed E-state index contributed by atoms with van der Waals surface area (Å²) in [6.45, 7) is 0.988. The molecule has 0 atom stereocenters. The minimum atomic E-state index is -0.365. The van der Waals surface area contributed by atoms with Crippen molar-refractivity contribution in [3.63, 3.8) is 0 Å². The number of benzene rings is 2. The second-order valence-electron chi connectivity index (χ2n) is 6.05. The van der Waals surface area contributed by atoms with E-state index in [1.54, 1.807) is 18.2 Å². The quantitative estimate of drug-likeness (QED) is 0.548. The summed E-state index contributed by atoms with van der Waals surface area (Å²) in [6.07, 6.45) is 4.28. The first-order valence-corrected chi connectivity index (χ1v) is 8.01. The Kier molecular flexibility index (Phi) is 2.82. The summed E-state index contributed by atoms with van der Waals surface area (Å²) in [5, 5.41) is 9.30. The zero-order valence-electron chi connectivity index (χ0n) is 12.9. The van der Waals surface area contributed by atoms with Gasteiger partial charge in [-0.1, -0.05) is 30.3 Å². The molecule has 4 nitrogen and oxygen atoms in total. The van der Waals surface area contributed by atoms with Crippen LogP contribution in [0, 0.1) is 5.82 Å². The van der Waals surface area contributed by atoms with Gasteiger partial charge in [-0.15, -0.1) is 10.2 Å². The van der Waals surface area contributed by atoms with Crippen LogP contribution in [0.25, 0.3) is 33.8 Å². The van der Waals surface area contributed by atoms with E-state index in [1.165, 1.54) is 17.1 Å². The first-order chi connectivity index (χ1) is 11.8. The van der Waals surface area contributed by atoms with Gasteiger partial charge in [0, 0.05) is 18.1 Å². The van der Waals surface area contributed by atoms with Gasteiger partial charge < -0.3 is 8.98 Å². The van der Waals surface area contributed by atoms with Gasteiger partial charge in [-0.3, -0.25) is 0 Å². The van der Waals surface area contributed by atoms with E-state index in [0.717, 1.165) is 30.3 Å². The van der Waals surface area contributed by atoms with Gasteiger partial charge in [-0.05, 0) is 30.5 Å². The maximum atomic E-state index is 13.9. The van der Waals surface area contributed by atoms with Gasteiger partial charge in [0.15, 0.2) is 0 Å². The van der Waals surface area contributed by atoms with Crippen LogP contribution in [-0.4, -0.2) is 14.8 Å². The van der Waals surface area contributed by atoms with Crippen LogP contribution >= 0.6 is 0 Å². The highest BCUT2D eigenvalue weighted by molar-refractivity contribution is 5.96. The van der Waals surface area contributed by atoms with E-state index >= 15 is 0 Å². The monoisotopic (exact) mass is 319 g/mol. The molecule has 1 aliphatic rings. The Balaban J connectivity index is 1.68. The number of para-hydroxylation sites is 1. The van der Waals surface area contributed by atoms with Crippen molar-refractivity contribution in [2.75, 3.05) is 0 Å². The molecule has 4 aromatic rings. The van der Waals surface area contributed by atoms with Crippen molar-refractivity contribution in [2.45, 2.75) is 19.4 Å². The van der Waals surface area contributed by atoms with Crippen LogP contribution in [0.4, 0.5) is 4.39 Å². The smallest absolute Gasteiger partial charge is 0.251 e. The molecule has 2 aromatic heterocycles. The van der Waals surface area contributed by atoms with Crippen molar-refractivity contribution >= 4 is 10.9 Å². The molecule has 5 heteroatoms. The Morgan fingerprint density at radius 2 is 1.79 bits per heavy atom. The average molecular weight is 319 g/mol. The van der Waals surface area contributed by atoms with Crippen molar-refractivity contribution < 1.29 is 8.81 Å². The van der Waals surface area contributed by atoms with Crippen LogP contribution in [0.15, 0.2) is 53.1 Å². The first-order valence-electron chi connectivity index (χ1n) is 8.01. The van der Waals surface area contributed by atoms with E-state index in [1.807, 2.05) is 0 Å². The maximum absolute atomic E-state index is 13.9. The molecule has 0 radical (unpaired) electrons. The van der Waals surface area contributed by atoms with E-state index < -0.39 is 0 Å². The Bertz CT molecular complexity index is 1060. The molecule has 2 aromatic carbocycles. The SMILES string of the molecule is Fc1ccccc1-c1nnc(-c2cn3c4c(cccc24)CCC3)o1. The topological polar surface area (TPSA) is 43.9 Å². The average Bonchev–Trinajstić information content (AvgIpc) is 3.22. The molecule has 1 aliphatic heterocycles. The molecule has 24 heavy (non-hydrogen) atoms. The molecule has 0 saturated heterocycles. The minimum Gasteiger partial charge on any atom is -0.416 e. The van der Waals surface area contributed by atoms with E-state index in [2.05, 4.69) is 39.2 Å². The molecule has 0 saturated carbocycles. The number of hydrogen-bond donors (Lipinski definition) is 0. The zero-order chi connectivity index (χ0) is 16.1. The third kappa shape index (κ3) is 1.91. The molecule has 0 aliphatic carbocycles. The second-order valence-corrected chi connectivity index (χ2v) is 6.05. The summed E-state index contributed by atoms with van der Waals surface area (Å²) >= 11 is 0. The van der Waals surface area contributed by atoms with Crippen LogP contribution in [0.5, 0.6) is 0 Å². The fourth-order valence-electron chi connectivity index (χ4n) is 3.50. The van der Waals surface area contributed by atoms with Gasteiger partial charge in [0.1, 0.15) is 5.82 Å². The summed E-state index contributed by atoms with van der Waals surface area (Å²) in [4.78, 5) is 0. The van der Waals surface area contributed by atoms with Crippen molar-refractivity contribution in [3.05, 3.63) is 60.0 Å². The van der Waals surface area contributed by atoms with Crippen LogP contribution in [0.2, 0.25) is 0 Å². The standard InChI is InChI=1S/C19H14FN3O/c20-16-9-2-1-7-14(16)18-21-22-19(24-18)15-11-23-10-4-6-12-5-3-8-13(15)17(12)23/h1-3,5,7-9,11H,4,6,10H2. The summed E-state index contributed by atoms with van der Waals surface area (Å²) in [5.41, 5.74) is 3.82. The molecule has 0 fully saturated rings. The highest BCUT2D eigenvalue weighted by Crippen LogP contribution is 2.35. The highest BCUT2D eigenvalue weighted by atomic mass is 19.1. The van der Waals surface area contributed by atoms with Crippen LogP contribution < -0.4 is 0 Å². The van der Waals surface area contributed by atoms with Gasteiger partial charge in [0.2, 0.25) is 5.89 Å². The van der Waals surface area contributed by atoms with Gasteiger partial charge in [0.05, 0.1) is 16.6 Å². The van der Waals surface area contributed by atoms with Crippen LogP contribution in [0.1, 0.15) is 12.0 Å². The lowest BCUT2D eigenvalue weighted by Gasteiger charge is -2.14. The predicted octanol–water partition coefficient (Wildman–Crippen LogP) is 4.44. The third-order valence-corrected chi connectivity index (χ3v) is 4.59. The second kappa shape index (κ2) is 5.03. The van der Waals surface area contributed by atoms with Gasteiger partial charge in [-0.2, -0.15) is 0 Å². The molecule has 3 heterocycles. The van der Waals surface area contributed by atoms with E-state index in [4.69, 9.17) is 4.42 Å². The van der Waals surface area contributed by atoms with Crippen LogP contribution in [0.3, 0.4) is 0 Å². The Morgan fingerprint density at radius 1 is 0.958 bits per heavy atom. The predicted molar refractivity (Wildman–Crippen MR) is 88.9 cm³/mol. The van der Waals surface area contributed by atoms with Crippen molar-refractivity contribution in [1.29, 1.82) is 0 Å². The van der Waals surface area contributed by atoms with Gasteiger partial charge >= 0.3 is 0 Å². The van der Waals surface area contributed by atoms with E-state index in [9.17, 15) is 4.39 Å². The fraction of sp³-hybridized carbons (Fsp3) is 0.158. The molecule has 118 valence electrons. The summed E-state index contributed by atoms with van der Waals surface area (Å²) in [5.74, 6) is 0.265. The molecular weight excluding hydrogens is 305 g/mol. The van der Waals surface area contributed by atoms with Crippen molar-refractivity contribution in [2.24, 2.45) is 0 Å². The molecule has 0 spiro atoms. The number of rotatable bonds is 2. The van der Waals surface area contributed by atoms with Gasteiger partial charge in [-0.25, -0.2) is 4.39 Å². The lowest BCUT2D eigenvalue weighted by Crippen LogP contribution is -2.05. The van der Waals surface area contributed by atoms with E-state index in [-0.39, 0.29) is 11.7 Å². The molecule has 0 unspecified atom stereocenters. The largest absolute Gasteiger partial charge is 0.416 e. The highest BCUT2D eigenvalue weighted by Gasteiger charge is 2.21. The number of nitrogens with zero attached hydrogens (tertiary/aromatic N) is 3. The minimum absolute atomic E-state index is 0.204. The zero-order valence-corrected chi connectivity index (χ0v) is 12.9. The molecule has 0 bridgehead atoms. The molecule has 0 amide bonds. The number of halogens is 1. The third-order valence-electron chi connectivity index (χ3n) is 4.59. The summed E-state index contributed by atoms with van der Waals surface area (Å²) < 4.78 is 22.0. The fourth-order valence-corrected chi connectivity index (χ4v) is 3.50. The summed E-state index contributed by atoms with van der Waals surface area (Å²) in [7, 11) is 0. The Morgan fingerprint density at radius 3 is 2.67 bits per heavy atom. The van der Waals surface area contributed by atoms with Crippen LogP contribution in [-0.2, 0) is 13.0 Å². The molecule has 5 rings (SSSR count). The normalized spacial score (nSPS) is 13.5. The Hall–Kier alpha value is -2.95. The van der Waals surface area contributed by atoms with Crippen molar-refractivity contribution in [3.8, 4) is 22.9 Å². The lowest BCUT2D eigenvalue weighted by molar-refractivity contribution is 0.570. The number of hydrogen-bond acceptors (Lipinski definition) is 3. The Labute approximate surface area is 137 Å². The van der Waals surface area contributed by atoms with E-state index in [0.29, 0.717) is 11.5 Å². The lowest BCUT2D eigenvalue weighted by atomic mass is 10.0. The first kappa shape index (κ1) is 13.5. The van der Waals surface area contributed by atoms with Gasteiger partial charge in [0.25, 0.3) is 5.89 Å². The molecule has 0 N–H and O–H groups in total. The maximum Gasteiger partial charge on any atom is 0.251 e. The summed E-state index contributed by atoms with van der Waals surface area (Å²) in [6, 6.07) is 12.7. The number of aryl methyl sites for hydroxylation is 2. The molecular formula is C19H14FN3O. The number of aromatic nitrogens is 3. The van der Waals surface area contributed by atoms with Crippen molar-refractivity contribution in [1.82, 2.24) is 14.8 Å².